The van der Waals surface area contributed by atoms with Gasteiger partial charge in [0.25, 0.3) is 0 Å². The van der Waals surface area contributed by atoms with Crippen molar-refractivity contribution in [2.45, 2.75) is 33.1 Å². The molecule has 0 radical (unpaired) electrons. The zero-order valence-corrected chi connectivity index (χ0v) is 13.4. The number of rotatable bonds is 6. The van der Waals surface area contributed by atoms with Crippen molar-refractivity contribution in [3.8, 4) is 10.6 Å². The summed E-state index contributed by atoms with van der Waals surface area (Å²) in [4.78, 5) is 27.6. The number of aryl methyl sites for hydroxylation is 1. The largest absolute Gasteiger partial charge is 0.477 e. The summed E-state index contributed by atoms with van der Waals surface area (Å²) >= 11 is 1.12. The van der Waals surface area contributed by atoms with Gasteiger partial charge in [0.15, 0.2) is 0 Å². The number of nitrogens with zero attached hydrogens (tertiary/aromatic N) is 1. The lowest BCUT2D eigenvalue weighted by atomic mass is 10.1. The predicted octanol–water partition coefficient (Wildman–Crippen LogP) is 3.95. The second-order valence-electron chi connectivity index (χ2n) is 4.94. The van der Waals surface area contributed by atoms with Gasteiger partial charge in [-0.2, -0.15) is 0 Å². The molecule has 1 aromatic carbocycles. The van der Waals surface area contributed by atoms with Gasteiger partial charge in [-0.15, -0.1) is 11.3 Å². The molecule has 1 amide bonds. The van der Waals surface area contributed by atoms with Crippen LogP contribution in [0.5, 0.6) is 0 Å². The highest BCUT2D eigenvalue weighted by Crippen LogP contribution is 2.33. The van der Waals surface area contributed by atoms with E-state index in [9.17, 15) is 9.59 Å². The topological polar surface area (TPSA) is 79.3 Å². The van der Waals surface area contributed by atoms with Gasteiger partial charge in [-0.3, -0.25) is 4.79 Å². The van der Waals surface area contributed by atoms with E-state index in [4.69, 9.17) is 5.11 Å². The lowest BCUT2D eigenvalue weighted by molar-refractivity contribution is -0.116. The van der Waals surface area contributed by atoms with Crippen LogP contribution in [0.4, 0.5) is 5.69 Å². The normalized spacial score (nSPS) is 10.5. The molecule has 2 N–H and O–H groups in total. The molecule has 0 saturated heterocycles. The first-order chi connectivity index (χ1) is 10.5. The Hall–Kier alpha value is -2.21. The van der Waals surface area contributed by atoms with E-state index in [2.05, 4.69) is 10.3 Å². The molecule has 22 heavy (non-hydrogen) atoms. The molecule has 2 rings (SSSR count). The third kappa shape index (κ3) is 3.71. The second kappa shape index (κ2) is 7.17. The Morgan fingerprint density at radius 2 is 2.05 bits per heavy atom. The number of aromatic carboxylic acids is 1. The van der Waals surface area contributed by atoms with Crippen molar-refractivity contribution in [3.05, 3.63) is 34.8 Å². The van der Waals surface area contributed by atoms with Crippen molar-refractivity contribution >= 4 is 28.9 Å². The number of para-hydroxylation sites is 1. The fourth-order valence-corrected chi connectivity index (χ4v) is 2.98. The average molecular weight is 318 g/mol. The number of hydrogen-bond acceptors (Lipinski definition) is 4. The van der Waals surface area contributed by atoms with Crippen molar-refractivity contribution in [2.24, 2.45) is 0 Å². The van der Waals surface area contributed by atoms with Crippen LogP contribution in [0.15, 0.2) is 24.3 Å². The Morgan fingerprint density at radius 3 is 2.68 bits per heavy atom. The summed E-state index contributed by atoms with van der Waals surface area (Å²) in [5, 5.41) is 12.6. The van der Waals surface area contributed by atoms with Crippen LogP contribution in [0.25, 0.3) is 10.6 Å². The van der Waals surface area contributed by atoms with Gasteiger partial charge in [0.1, 0.15) is 9.88 Å². The van der Waals surface area contributed by atoms with E-state index in [1.165, 1.54) is 0 Å². The molecular weight excluding hydrogens is 300 g/mol. The highest BCUT2D eigenvalue weighted by molar-refractivity contribution is 7.17. The standard InChI is InChI=1S/C16H18N2O3S/c1-3-4-9-13(19)18-12-8-6-5-7-11(12)15-17-10(2)14(22-15)16(20)21/h5-8H,3-4,9H2,1-2H3,(H,18,19)(H,20,21). The number of carbonyl (C=O) groups excluding carboxylic acids is 1. The fourth-order valence-electron chi connectivity index (χ4n) is 2.04. The summed E-state index contributed by atoms with van der Waals surface area (Å²) in [6, 6.07) is 7.31. The summed E-state index contributed by atoms with van der Waals surface area (Å²) in [6.45, 7) is 3.71. The van der Waals surface area contributed by atoms with E-state index in [0.29, 0.717) is 22.8 Å². The van der Waals surface area contributed by atoms with Crippen LogP contribution in [0, 0.1) is 6.92 Å². The number of anilines is 1. The quantitative estimate of drug-likeness (QED) is 0.845. The zero-order valence-electron chi connectivity index (χ0n) is 12.5. The van der Waals surface area contributed by atoms with Crippen LogP contribution in [0.1, 0.15) is 41.6 Å². The first-order valence-electron chi connectivity index (χ1n) is 7.13. The molecule has 116 valence electrons. The van der Waals surface area contributed by atoms with E-state index in [1.807, 2.05) is 25.1 Å². The minimum Gasteiger partial charge on any atom is -0.477 e. The molecule has 1 heterocycles. The van der Waals surface area contributed by atoms with Gasteiger partial charge >= 0.3 is 5.97 Å². The summed E-state index contributed by atoms with van der Waals surface area (Å²) in [7, 11) is 0. The van der Waals surface area contributed by atoms with Gasteiger partial charge in [-0.05, 0) is 25.5 Å². The molecule has 0 saturated carbocycles. The van der Waals surface area contributed by atoms with Gasteiger partial charge in [0.2, 0.25) is 5.91 Å². The van der Waals surface area contributed by atoms with Crippen molar-refractivity contribution in [1.29, 1.82) is 0 Å². The van der Waals surface area contributed by atoms with Crippen molar-refractivity contribution < 1.29 is 14.7 Å². The third-order valence-corrected chi connectivity index (χ3v) is 4.36. The number of amides is 1. The minimum atomic E-state index is -0.981. The van der Waals surface area contributed by atoms with Crippen LogP contribution in [0.2, 0.25) is 0 Å². The van der Waals surface area contributed by atoms with E-state index >= 15 is 0 Å². The Morgan fingerprint density at radius 1 is 1.32 bits per heavy atom. The van der Waals surface area contributed by atoms with Crippen molar-refractivity contribution in [2.75, 3.05) is 5.32 Å². The zero-order chi connectivity index (χ0) is 16.1. The first kappa shape index (κ1) is 16.2. The predicted molar refractivity (Wildman–Crippen MR) is 87.4 cm³/mol. The van der Waals surface area contributed by atoms with E-state index in [0.717, 1.165) is 29.7 Å². The van der Waals surface area contributed by atoms with E-state index in [-0.39, 0.29) is 10.8 Å². The lowest BCUT2D eigenvalue weighted by Gasteiger charge is -2.09. The number of carbonyl (C=O) groups is 2. The molecule has 0 bridgehead atoms. The molecule has 6 heteroatoms. The van der Waals surface area contributed by atoms with Crippen molar-refractivity contribution in [3.63, 3.8) is 0 Å². The number of benzene rings is 1. The molecule has 0 unspecified atom stereocenters. The number of carboxylic acid groups (broad SMARTS) is 1. The molecule has 1 aromatic heterocycles. The maximum atomic E-state index is 11.9. The highest BCUT2D eigenvalue weighted by atomic mass is 32.1. The first-order valence-corrected chi connectivity index (χ1v) is 7.94. The Balaban J connectivity index is 2.30. The van der Waals surface area contributed by atoms with Crippen LogP contribution in [-0.4, -0.2) is 22.0 Å². The molecule has 0 aliphatic heterocycles. The van der Waals surface area contributed by atoms with Gasteiger partial charge in [0.05, 0.1) is 11.4 Å². The lowest BCUT2D eigenvalue weighted by Crippen LogP contribution is -2.11. The summed E-state index contributed by atoms with van der Waals surface area (Å²) in [5.74, 6) is -1.02. The molecule has 0 fully saturated rings. The summed E-state index contributed by atoms with van der Waals surface area (Å²) in [5.41, 5.74) is 1.89. The van der Waals surface area contributed by atoms with E-state index < -0.39 is 5.97 Å². The Labute approximate surface area is 133 Å². The number of nitrogens with one attached hydrogen (secondary N) is 1. The number of hydrogen-bond donors (Lipinski definition) is 2. The van der Waals surface area contributed by atoms with Crippen LogP contribution >= 0.6 is 11.3 Å². The molecular formula is C16H18N2O3S. The van der Waals surface area contributed by atoms with E-state index in [1.54, 1.807) is 13.0 Å². The highest BCUT2D eigenvalue weighted by Gasteiger charge is 2.17. The molecule has 0 aliphatic carbocycles. The molecule has 5 nitrogen and oxygen atoms in total. The summed E-state index contributed by atoms with van der Waals surface area (Å²) < 4.78 is 0. The van der Waals surface area contributed by atoms with Gasteiger partial charge in [-0.25, -0.2) is 9.78 Å². The number of unbranched alkanes of at least 4 members (excludes halogenated alkanes) is 1. The number of thiazole rings is 1. The monoisotopic (exact) mass is 318 g/mol. The molecule has 0 spiro atoms. The van der Waals surface area contributed by atoms with Gasteiger partial charge in [0, 0.05) is 12.0 Å². The Bertz CT molecular complexity index is 694. The van der Waals surface area contributed by atoms with Gasteiger partial charge < -0.3 is 10.4 Å². The molecule has 0 aliphatic rings. The van der Waals surface area contributed by atoms with Gasteiger partial charge in [-0.1, -0.05) is 25.5 Å². The maximum Gasteiger partial charge on any atom is 0.347 e. The Kier molecular flexibility index (Phi) is 5.27. The minimum absolute atomic E-state index is 0.0407. The number of aromatic nitrogens is 1. The average Bonchev–Trinajstić information content (AvgIpc) is 2.87. The van der Waals surface area contributed by atoms with Crippen LogP contribution < -0.4 is 5.32 Å². The molecule has 0 atom stereocenters. The SMILES string of the molecule is CCCCC(=O)Nc1ccccc1-c1nc(C)c(C(=O)O)s1. The second-order valence-corrected chi connectivity index (χ2v) is 5.94. The molecule has 2 aromatic rings. The third-order valence-electron chi connectivity index (χ3n) is 3.18. The smallest absolute Gasteiger partial charge is 0.347 e. The number of carboxylic acids is 1. The fraction of sp³-hybridized carbons (Fsp3) is 0.312. The maximum absolute atomic E-state index is 11.9. The van der Waals surface area contributed by atoms with Crippen LogP contribution in [-0.2, 0) is 4.79 Å². The van der Waals surface area contributed by atoms with Crippen LogP contribution in [0.3, 0.4) is 0 Å². The summed E-state index contributed by atoms with van der Waals surface area (Å²) in [6.07, 6.45) is 2.28. The van der Waals surface area contributed by atoms with Crippen molar-refractivity contribution in [1.82, 2.24) is 4.98 Å².